The summed E-state index contributed by atoms with van der Waals surface area (Å²) in [5, 5.41) is 11.4. The number of aromatic nitrogens is 3. The van der Waals surface area contributed by atoms with Gasteiger partial charge in [0.15, 0.2) is 0 Å². The van der Waals surface area contributed by atoms with E-state index in [4.69, 9.17) is 9.15 Å². The van der Waals surface area contributed by atoms with E-state index in [-0.39, 0.29) is 0 Å². The monoisotopic (exact) mass is 296 g/mol. The van der Waals surface area contributed by atoms with Gasteiger partial charge >= 0.3 is 5.97 Å². The van der Waals surface area contributed by atoms with Gasteiger partial charge in [0, 0.05) is 5.56 Å². The molecule has 3 rings (SSSR count). The van der Waals surface area contributed by atoms with Crippen molar-refractivity contribution in [3.05, 3.63) is 60.4 Å². The summed E-state index contributed by atoms with van der Waals surface area (Å²) in [5.41, 5.74) is 1.11. The average molecular weight is 296 g/mol. The molecule has 0 amide bonds. The van der Waals surface area contributed by atoms with Gasteiger partial charge in [-0.3, -0.25) is 0 Å². The second kappa shape index (κ2) is 6.04. The Hall–Kier alpha value is -3.22. The summed E-state index contributed by atoms with van der Waals surface area (Å²) < 4.78 is 11.9. The standard InChI is InChI=1S/C15H12N4O3/c1-21-15(20)13-5-3-2-4-12(13)14-7-6-11(22-14)8-18-19-9-16-17-10-19/h2-10H,1H3/b18-8+. The Morgan fingerprint density at radius 2 is 2.00 bits per heavy atom. The number of esters is 1. The third-order valence-corrected chi connectivity index (χ3v) is 2.95. The lowest BCUT2D eigenvalue weighted by Gasteiger charge is -2.04. The third kappa shape index (κ3) is 2.78. The van der Waals surface area contributed by atoms with Crippen molar-refractivity contribution >= 4 is 12.2 Å². The van der Waals surface area contributed by atoms with Crippen LogP contribution in [0.3, 0.4) is 0 Å². The molecule has 0 aliphatic carbocycles. The molecule has 0 N–H and O–H groups in total. The first kappa shape index (κ1) is 13.7. The van der Waals surface area contributed by atoms with E-state index in [1.807, 2.05) is 6.07 Å². The molecule has 0 saturated carbocycles. The maximum Gasteiger partial charge on any atom is 0.338 e. The van der Waals surface area contributed by atoms with E-state index in [1.165, 1.54) is 30.7 Å². The molecule has 110 valence electrons. The molecular weight excluding hydrogens is 284 g/mol. The van der Waals surface area contributed by atoms with Crippen molar-refractivity contribution in [3.63, 3.8) is 0 Å². The quantitative estimate of drug-likeness (QED) is 0.544. The van der Waals surface area contributed by atoms with Crippen LogP contribution in [0.5, 0.6) is 0 Å². The summed E-state index contributed by atoms with van der Waals surface area (Å²) in [6, 6.07) is 10.6. The molecule has 7 heteroatoms. The largest absolute Gasteiger partial charge is 0.465 e. The van der Waals surface area contributed by atoms with Crippen LogP contribution in [0.4, 0.5) is 0 Å². The average Bonchev–Trinajstić information content (AvgIpc) is 3.23. The van der Waals surface area contributed by atoms with E-state index in [1.54, 1.807) is 30.3 Å². The zero-order valence-corrected chi connectivity index (χ0v) is 11.7. The summed E-state index contributed by atoms with van der Waals surface area (Å²) in [6.45, 7) is 0. The van der Waals surface area contributed by atoms with Crippen molar-refractivity contribution in [3.8, 4) is 11.3 Å². The van der Waals surface area contributed by atoms with Gasteiger partial charge in [-0.2, -0.15) is 5.10 Å². The number of carbonyl (C=O) groups is 1. The SMILES string of the molecule is COC(=O)c1ccccc1-c1ccc(/C=N/n2cnnc2)o1. The molecule has 3 aromatic rings. The van der Waals surface area contributed by atoms with Crippen LogP contribution in [0, 0.1) is 0 Å². The fourth-order valence-corrected chi connectivity index (χ4v) is 1.93. The second-order valence-corrected chi connectivity index (χ2v) is 4.33. The molecule has 0 bridgehead atoms. The van der Waals surface area contributed by atoms with Crippen molar-refractivity contribution in [2.24, 2.45) is 5.10 Å². The van der Waals surface area contributed by atoms with Gasteiger partial charge in [0.25, 0.3) is 0 Å². The summed E-state index contributed by atoms with van der Waals surface area (Å²) in [5.74, 6) is 0.696. The highest BCUT2D eigenvalue weighted by Gasteiger charge is 2.14. The lowest BCUT2D eigenvalue weighted by Crippen LogP contribution is -2.02. The lowest BCUT2D eigenvalue weighted by atomic mass is 10.1. The van der Waals surface area contributed by atoms with Crippen LogP contribution in [0.1, 0.15) is 16.1 Å². The number of hydrogen-bond acceptors (Lipinski definition) is 6. The molecule has 0 radical (unpaired) electrons. The number of rotatable bonds is 4. The minimum atomic E-state index is -0.410. The predicted molar refractivity (Wildman–Crippen MR) is 78.5 cm³/mol. The van der Waals surface area contributed by atoms with Crippen LogP contribution >= 0.6 is 0 Å². The van der Waals surface area contributed by atoms with E-state index in [9.17, 15) is 4.79 Å². The Bertz CT molecular complexity index is 806. The van der Waals surface area contributed by atoms with Crippen LogP contribution in [0.15, 0.2) is 58.6 Å². The van der Waals surface area contributed by atoms with Crippen LogP contribution in [0.25, 0.3) is 11.3 Å². The Balaban J connectivity index is 1.90. The third-order valence-electron chi connectivity index (χ3n) is 2.95. The van der Waals surface area contributed by atoms with Crippen molar-refractivity contribution in [2.45, 2.75) is 0 Å². The minimum absolute atomic E-state index is 0.410. The van der Waals surface area contributed by atoms with Crippen LogP contribution in [-0.2, 0) is 4.74 Å². The number of furan rings is 1. The number of hydrogen-bond donors (Lipinski definition) is 0. The van der Waals surface area contributed by atoms with Crippen molar-refractivity contribution < 1.29 is 13.9 Å². The molecule has 22 heavy (non-hydrogen) atoms. The molecular formula is C15H12N4O3. The van der Waals surface area contributed by atoms with Crippen molar-refractivity contribution in [1.29, 1.82) is 0 Å². The Morgan fingerprint density at radius 3 is 2.77 bits per heavy atom. The molecule has 0 atom stereocenters. The van der Waals surface area contributed by atoms with Gasteiger partial charge in [-0.25, -0.2) is 9.47 Å². The van der Waals surface area contributed by atoms with Crippen LogP contribution in [0.2, 0.25) is 0 Å². The molecule has 0 saturated heterocycles. The smallest absolute Gasteiger partial charge is 0.338 e. The van der Waals surface area contributed by atoms with Gasteiger partial charge in [0.2, 0.25) is 0 Å². The zero-order chi connectivity index (χ0) is 15.4. The van der Waals surface area contributed by atoms with Crippen molar-refractivity contribution in [2.75, 3.05) is 7.11 Å². The highest BCUT2D eigenvalue weighted by Crippen LogP contribution is 2.25. The summed E-state index contributed by atoms with van der Waals surface area (Å²) in [4.78, 5) is 11.8. The summed E-state index contributed by atoms with van der Waals surface area (Å²) >= 11 is 0. The molecule has 2 aromatic heterocycles. The highest BCUT2D eigenvalue weighted by molar-refractivity contribution is 5.96. The molecule has 0 aliphatic rings. The number of methoxy groups -OCH3 is 1. The first-order valence-corrected chi connectivity index (χ1v) is 6.44. The first-order chi connectivity index (χ1) is 10.8. The Labute approximate surface area is 125 Å². The summed E-state index contributed by atoms with van der Waals surface area (Å²) in [7, 11) is 1.35. The number of nitrogens with zero attached hydrogens (tertiary/aromatic N) is 4. The van der Waals surface area contributed by atoms with E-state index in [0.717, 1.165) is 0 Å². The highest BCUT2D eigenvalue weighted by atomic mass is 16.5. The minimum Gasteiger partial charge on any atom is -0.465 e. The Morgan fingerprint density at radius 1 is 1.23 bits per heavy atom. The Kier molecular flexibility index (Phi) is 3.78. The zero-order valence-electron chi connectivity index (χ0n) is 11.7. The van der Waals surface area contributed by atoms with Gasteiger partial charge in [-0.15, -0.1) is 10.2 Å². The van der Waals surface area contributed by atoms with E-state index in [0.29, 0.717) is 22.6 Å². The van der Waals surface area contributed by atoms with Gasteiger partial charge in [0.05, 0.1) is 18.9 Å². The number of carbonyl (C=O) groups excluding carboxylic acids is 1. The van der Waals surface area contributed by atoms with E-state index >= 15 is 0 Å². The molecule has 0 fully saturated rings. The maximum atomic E-state index is 11.8. The van der Waals surface area contributed by atoms with Gasteiger partial charge in [0.1, 0.15) is 24.2 Å². The molecule has 0 aliphatic heterocycles. The van der Waals surface area contributed by atoms with Crippen LogP contribution in [-0.4, -0.2) is 34.2 Å². The normalized spacial score (nSPS) is 11.0. The fraction of sp³-hybridized carbons (Fsp3) is 0.0667. The fourth-order valence-electron chi connectivity index (χ4n) is 1.93. The molecule has 1 aromatic carbocycles. The number of benzene rings is 1. The number of ether oxygens (including phenoxy) is 1. The summed E-state index contributed by atoms with van der Waals surface area (Å²) in [6.07, 6.45) is 4.47. The predicted octanol–water partition coefficient (Wildman–Crippen LogP) is 2.21. The lowest BCUT2D eigenvalue weighted by molar-refractivity contribution is 0.0601. The second-order valence-electron chi connectivity index (χ2n) is 4.33. The van der Waals surface area contributed by atoms with Gasteiger partial charge < -0.3 is 9.15 Å². The first-order valence-electron chi connectivity index (χ1n) is 6.44. The van der Waals surface area contributed by atoms with Gasteiger partial charge in [-0.1, -0.05) is 18.2 Å². The topological polar surface area (TPSA) is 82.5 Å². The van der Waals surface area contributed by atoms with E-state index in [2.05, 4.69) is 15.3 Å². The van der Waals surface area contributed by atoms with Gasteiger partial charge in [-0.05, 0) is 18.2 Å². The van der Waals surface area contributed by atoms with Crippen molar-refractivity contribution in [1.82, 2.24) is 14.9 Å². The maximum absolute atomic E-state index is 11.8. The molecule has 0 spiro atoms. The molecule has 2 heterocycles. The molecule has 7 nitrogen and oxygen atoms in total. The van der Waals surface area contributed by atoms with E-state index < -0.39 is 5.97 Å². The molecule has 0 unspecified atom stereocenters. The van der Waals surface area contributed by atoms with Crippen LogP contribution < -0.4 is 0 Å².